The molecule has 2 fully saturated rings. The number of ether oxygens (including phenoxy) is 1. The third kappa shape index (κ3) is 8.67. The smallest absolute Gasteiger partial charge is 0.308 e. The van der Waals surface area contributed by atoms with Gasteiger partial charge in [-0.1, -0.05) is 41.5 Å². The standard InChI is InChI=1S/C30H51N5O7/c1-17(2)16-22-28(39)35-15-11-10-12-21(35)27(38)32-24(18(3)4)29(40)34(9)25(19(5)6)30(41)33(8)20(7)26(37)31-14-13-23(36)42-22/h17-22,24-25H,10-16H2,1-9H3,(H,31,37)(H,32,38)/t20?,21-,22+,24?,25?/m0/s1. The molecular formula is C30H51N5O7. The lowest BCUT2D eigenvalue weighted by molar-refractivity contribution is -0.164. The Labute approximate surface area is 250 Å². The van der Waals surface area contributed by atoms with Gasteiger partial charge in [0.1, 0.15) is 24.2 Å². The molecule has 3 unspecified atom stereocenters. The van der Waals surface area contributed by atoms with E-state index in [1.54, 1.807) is 20.8 Å². The van der Waals surface area contributed by atoms with Crippen LogP contribution in [0.3, 0.4) is 0 Å². The van der Waals surface area contributed by atoms with Crippen LogP contribution in [-0.4, -0.2) is 108 Å². The van der Waals surface area contributed by atoms with Gasteiger partial charge in [0.2, 0.25) is 23.6 Å². The molecule has 2 saturated heterocycles. The number of hydrogen-bond donors (Lipinski definition) is 2. The van der Waals surface area contributed by atoms with Crippen molar-refractivity contribution in [3.63, 3.8) is 0 Å². The summed E-state index contributed by atoms with van der Waals surface area (Å²) >= 11 is 0. The Morgan fingerprint density at radius 2 is 1.48 bits per heavy atom. The van der Waals surface area contributed by atoms with Gasteiger partial charge in [-0.2, -0.15) is 0 Å². The second-order valence-corrected chi connectivity index (χ2v) is 12.7. The molecule has 0 aromatic carbocycles. The summed E-state index contributed by atoms with van der Waals surface area (Å²) < 4.78 is 5.62. The van der Waals surface area contributed by atoms with Gasteiger partial charge in [-0.15, -0.1) is 0 Å². The first-order valence-electron chi connectivity index (χ1n) is 15.2. The predicted molar refractivity (Wildman–Crippen MR) is 157 cm³/mol. The van der Waals surface area contributed by atoms with E-state index in [1.807, 2.05) is 27.7 Å². The van der Waals surface area contributed by atoms with Crippen molar-refractivity contribution in [3.8, 4) is 0 Å². The van der Waals surface area contributed by atoms with Crippen LogP contribution in [0.1, 0.15) is 80.6 Å². The van der Waals surface area contributed by atoms with E-state index in [0.717, 1.165) is 6.42 Å². The summed E-state index contributed by atoms with van der Waals surface area (Å²) in [5, 5.41) is 5.54. The number of likely N-dealkylation sites (N-methyl/N-ethyl adjacent to an activating group) is 2. The molecule has 12 heteroatoms. The first-order valence-corrected chi connectivity index (χ1v) is 15.2. The Morgan fingerprint density at radius 3 is 2.05 bits per heavy atom. The Morgan fingerprint density at radius 1 is 0.833 bits per heavy atom. The van der Waals surface area contributed by atoms with Crippen LogP contribution < -0.4 is 10.6 Å². The molecule has 0 aromatic rings. The van der Waals surface area contributed by atoms with Gasteiger partial charge in [0, 0.05) is 27.2 Å². The van der Waals surface area contributed by atoms with Gasteiger partial charge in [0.15, 0.2) is 6.10 Å². The van der Waals surface area contributed by atoms with Crippen molar-refractivity contribution < 1.29 is 33.5 Å². The number of fused-ring (bicyclic) bond motifs is 1. The summed E-state index contributed by atoms with van der Waals surface area (Å²) in [5.74, 6) is -3.43. The van der Waals surface area contributed by atoms with Gasteiger partial charge in [-0.25, -0.2) is 0 Å². The largest absolute Gasteiger partial charge is 0.452 e. The molecule has 0 radical (unpaired) electrons. The highest BCUT2D eigenvalue weighted by Gasteiger charge is 2.41. The molecular weight excluding hydrogens is 542 g/mol. The normalized spacial score (nSPS) is 28.3. The van der Waals surface area contributed by atoms with Crippen LogP contribution in [0.25, 0.3) is 0 Å². The number of carbonyl (C=O) groups is 6. The fraction of sp³-hybridized carbons (Fsp3) is 0.800. The van der Waals surface area contributed by atoms with Gasteiger partial charge in [-0.3, -0.25) is 28.8 Å². The molecule has 12 nitrogen and oxygen atoms in total. The monoisotopic (exact) mass is 593 g/mol. The van der Waals surface area contributed by atoms with Crippen molar-refractivity contribution >= 4 is 35.5 Å². The summed E-state index contributed by atoms with van der Waals surface area (Å²) in [6, 6.07) is -3.55. The summed E-state index contributed by atoms with van der Waals surface area (Å²) in [4.78, 5) is 84.7. The maximum atomic E-state index is 13.8. The van der Waals surface area contributed by atoms with Crippen LogP contribution in [0, 0.1) is 17.8 Å². The molecule has 2 heterocycles. The number of carbonyl (C=O) groups excluding carboxylic acids is 6. The van der Waals surface area contributed by atoms with Gasteiger partial charge in [0.05, 0.1) is 6.42 Å². The summed E-state index contributed by atoms with van der Waals surface area (Å²) in [6.45, 7) is 12.9. The fourth-order valence-corrected chi connectivity index (χ4v) is 5.53. The van der Waals surface area contributed by atoms with Gasteiger partial charge < -0.3 is 30.1 Å². The molecule has 0 bridgehead atoms. The fourth-order valence-electron chi connectivity index (χ4n) is 5.53. The molecule has 2 aliphatic rings. The van der Waals surface area contributed by atoms with Crippen molar-refractivity contribution in [2.45, 2.75) is 111 Å². The molecule has 5 amide bonds. The van der Waals surface area contributed by atoms with E-state index >= 15 is 0 Å². The number of cyclic esters (lactones) is 1. The van der Waals surface area contributed by atoms with Gasteiger partial charge in [0.25, 0.3) is 5.91 Å². The second-order valence-electron chi connectivity index (χ2n) is 12.7. The molecule has 0 spiro atoms. The zero-order valence-electron chi connectivity index (χ0n) is 26.8. The zero-order chi connectivity index (χ0) is 31.9. The van der Waals surface area contributed by atoms with Gasteiger partial charge in [-0.05, 0) is 50.4 Å². The Hall–Kier alpha value is -3.18. The molecule has 0 saturated carbocycles. The second kappa shape index (κ2) is 15.3. The number of piperidine rings is 1. The van der Waals surface area contributed by atoms with Crippen LogP contribution in [0.2, 0.25) is 0 Å². The molecule has 238 valence electrons. The third-order valence-corrected chi connectivity index (χ3v) is 8.14. The number of esters is 1. The van der Waals surface area contributed by atoms with Crippen molar-refractivity contribution in [2.24, 2.45) is 17.8 Å². The van der Waals surface area contributed by atoms with E-state index in [2.05, 4.69) is 10.6 Å². The maximum absolute atomic E-state index is 13.8. The zero-order valence-corrected chi connectivity index (χ0v) is 26.8. The predicted octanol–water partition coefficient (Wildman–Crippen LogP) is 1.32. The van der Waals surface area contributed by atoms with E-state index in [9.17, 15) is 28.8 Å². The Balaban J connectivity index is 2.54. The highest BCUT2D eigenvalue weighted by Crippen LogP contribution is 2.23. The number of amides is 5. The number of nitrogens with zero attached hydrogens (tertiary/aromatic N) is 3. The quantitative estimate of drug-likeness (QED) is 0.468. The Kier molecular flexibility index (Phi) is 12.8. The number of nitrogens with one attached hydrogen (secondary N) is 2. The maximum Gasteiger partial charge on any atom is 0.308 e. The lowest BCUT2D eigenvalue weighted by Crippen LogP contribution is -2.61. The molecule has 2 N–H and O–H groups in total. The van der Waals surface area contributed by atoms with Crippen LogP contribution in [-0.2, 0) is 33.5 Å². The van der Waals surface area contributed by atoms with Crippen LogP contribution in [0.15, 0.2) is 0 Å². The summed E-state index contributed by atoms with van der Waals surface area (Å²) in [7, 11) is 3.03. The highest BCUT2D eigenvalue weighted by atomic mass is 16.5. The number of rotatable bonds is 4. The van der Waals surface area contributed by atoms with Crippen LogP contribution in [0.5, 0.6) is 0 Å². The minimum atomic E-state index is -1.08. The van der Waals surface area contributed by atoms with E-state index in [0.29, 0.717) is 19.4 Å². The van der Waals surface area contributed by atoms with Crippen molar-refractivity contribution in [3.05, 3.63) is 0 Å². The summed E-state index contributed by atoms with van der Waals surface area (Å²) in [6.07, 6.45) is 0.876. The minimum absolute atomic E-state index is 0.0337. The van der Waals surface area contributed by atoms with Gasteiger partial charge >= 0.3 is 5.97 Å². The third-order valence-electron chi connectivity index (χ3n) is 8.14. The average molecular weight is 594 g/mol. The van der Waals surface area contributed by atoms with E-state index in [4.69, 9.17) is 4.74 Å². The Bertz CT molecular complexity index is 1010. The van der Waals surface area contributed by atoms with Crippen molar-refractivity contribution in [1.29, 1.82) is 0 Å². The molecule has 42 heavy (non-hydrogen) atoms. The lowest BCUT2D eigenvalue weighted by atomic mass is 9.95. The molecule has 0 aliphatic carbocycles. The molecule has 0 aromatic heterocycles. The lowest BCUT2D eigenvalue weighted by Gasteiger charge is -2.39. The molecule has 5 atom stereocenters. The van der Waals surface area contributed by atoms with Crippen LogP contribution >= 0.6 is 0 Å². The van der Waals surface area contributed by atoms with E-state index in [1.165, 1.54) is 28.8 Å². The first kappa shape index (κ1) is 35.0. The molecule has 2 aliphatic heterocycles. The average Bonchev–Trinajstić information content (AvgIpc) is 2.92. The first-order chi connectivity index (χ1) is 19.6. The SMILES string of the molecule is CC(C)C[C@H]1OC(=O)CCNC(=O)C(C)N(C)C(=O)C(C(C)C)N(C)C(=O)C(C(C)C)NC(=O)[C@@H]2CCCCN2C1=O. The van der Waals surface area contributed by atoms with E-state index in [-0.39, 0.29) is 37.1 Å². The minimum Gasteiger partial charge on any atom is -0.452 e. The molecule has 2 rings (SSSR count). The topological polar surface area (TPSA) is 145 Å². The van der Waals surface area contributed by atoms with Crippen molar-refractivity contribution in [2.75, 3.05) is 27.2 Å². The van der Waals surface area contributed by atoms with E-state index < -0.39 is 65.8 Å². The highest BCUT2D eigenvalue weighted by molar-refractivity contribution is 5.96. The number of hydrogen-bond acceptors (Lipinski definition) is 7. The van der Waals surface area contributed by atoms with Crippen LogP contribution in [0.4, 0.5) is 0 Å². The van der Waals surface area contributed by atoms with Crippen molar-refractivity contribution in [1.82, 2.24) is 25.3 Å². The summed E-state index contributed by atoms with van der Waals surface area (Å²) in [5.41, 5.74) is 0.